The number of aromatic nitrogens is 2. The van der Waals surface area contributed by atoms with Gasteiger partial charge in [0.1, 0.15) is 0 Å². The SMILES string of the molecule is c1c[nH]c(C(c2ccc[nH]2)c2cccs2)c1. The van der Waals surface area contributed by atoms with Crippen LogP contribution in [0, 0.1) is 0 Å². The van der Waals surface area contributed by atoms with E-state index >= 15 is 0 Å². The van der Waals surface area contributed by atoms with E-state index in [1.807, 2.05) is 24.5 Å². The standard InChI is InChI=1S/C13H12N2S/c1-4-10(14-7-1)13(11-5-2-8-15-11)12-6-3-9-16-12/h1-9,13-15H. The quantitative estimate of drug-likeness (QED) is 0.686. The summed E-state index contributed by atoms with van der Waals surface area (Å²) in [5, 5.41) is 2.12. The van der Waals surface area contributed by atoms with Gasteiger partial charge < -0.3 is 9.97 Å². The van der Waals surface area contributed by atoms with E-state index in [4.69, 9.17) is 0 Å². The molecule has 0 spiro atoms. The average Bonchev–Trinajstić information content (AvgIpc) is 3.02. The molecule has 80 valence electrons. The molecule has 3 rings (SSSR count). The molecule has 2 nitrogen and oxygen atoms in total. The summed E-state index contributed by atoms with van der Waals surface area (Å²) in [4.78, 5) is 7.95. The van der Waals surface area contributed by atoms with Crippen molar-refractivity contribution in [2.24, 2.45) is 0 Å². The number of hydrogen-bond acceptors (Lipinski definition) is 1. The lowest BCUT2D eigenvalue weighted by atomic mass is 10.00. The van der Waals surface area contributed by atoms with E-state index in [2.05, 4.69) is 39.6 Å². The number of hydrogen-bond donors (Lipinski definition) is 2. The van der Waals surface area contributed by atoms with Crippen molar-refractivity contribution in [2.75, 3.05) is 0 Å². The summed E-state index contributed by atoms with van der Waals surface area (Å²) in [5.41, 5.74) is 2.45. The summed E-state index contributed by atoms with van der Waals surface area (Å²) in [6, 6.07) is 12.6. The Morgan fingerprint density at radius 3 is 2.00 bits per heavy atom. The third-order valence-electron chi connectivity index (χ3n) is 2.69. The van der Waals surface area contributed by atoms with Crippen LogP contribution in [0.15, 0.2) is 54.2 Å². The second kappa shape index (κ2) is 4.02. The highest BCUT2D eigenvalue weighted by Gasteiger charge is 2.18. The van der Waals surface area contributed by atoms with E-state index in [0.29, 0.717) is 5.92 Å². The fourth-order valence-corrected chi connectivity index (χ4v) is 2.84. The number of aromatic amines is 2. The summed E-state index contributed by atoms with van der Waals surface area (Å²) >= 11 is 1.79. The van der Waals surface area contributed by atoms with Crippen molar-refractivity contribution in [1.82, 2.24) is 9.97 Å². The smallest absolute Gasteiger partial charge is 0.0734 e. The molecule has 0 bridgehead atoms. The first-order chi connectivity index (χ1) is 7.95. The summed E-state index contributed by atoms with van der Waals surface area (Å²) < 4.78 is 0. The van der Waals surface area contributed by atoms with E-state index < -0.39 is 0 Å². The van der Waals surface area contributed by atoms with Crippen molar-refractivity contribution < 1.29 is 0 Å². The van der Waals surface area contributed by atoms with Gasteiger partial charge in [-0.1, -0.05) is 6.07 Å². The number of rotatable bonds is 3. The van der Waals surface area contributed by atoms with Gasteiger partial charge >= 0.3 is 0 Å². The van der Waals surface area contributed by atoms with Crippen LogP contribution in [0.4, 0.5) is 0 Å². The Morgan fingerprint density at radius 1 is 0.875 bits per heavy atom. The monoisotopic (exact) mass is 228 g/mol. The molecule has 0 aliphatic heterocycles. The van der Waals surface area contributed by atoms with Gasteiger partial charge in [0, 0.05) is 28.7 Å². The summed E-state index contributed by atoms with van der Waals surface area (Å²) in [6.45, 7) is 0. The van der Waals surface area contributed by atoms with Crippen molar-refractivity contribution >= 4 is 11.3 Å². The summed E-state index contributed by atoms with van der Waals surface area (Å²) in [6.07, 6.45) is 3.94. The highest BCUT2D eigenvalue weighted by molar-refractivity contribution is 7.10. The first-order valence-corrected chi connectivity index (χ1v) is 6.13. The van der Waals surface area contributed by atoms with Gasteiger partial charge in [-0.3, -0.25) is 0 Å². The first-order valence-electron chi connectivity index (χ1n) is 5.25. The molecule has 0 aliphatic carbocycles. The molecule has 16 heavy (non-hydrogen) atoms. The third kappa shape index (κ3) is 1.59. The molecule has 0 saturated carbocycles. The van der Waals surface area contributed by atoms with Crippen LogP contribution in [0.1, 0.15) is 22.2 Å². The highest BCUT2D eigenvalue weighted by atomic mass is 32.1. The largest absolute Gasteiger partial charge is 0.364 e. The zero-order chi connectivity index (χ0) is 10.8. The van der Waals surface area contributed by atoms with E-state index in [9.17, 15) is 0 Å². The van der Waals surface area contributed by atoms with Crippen LogP contribution in [0.3, 0.4) is 0 Å². The van der Waals surface area contributed by atoms with E-state index in [1.165, 1.54) is 16.3 Å². The normalized spacial score (nSPS) is 11.1. The molecule has 2 N–H and O–H groups in total. The first kappa shape index (κ1) is 9.48. The lowest BCUT2D eigenvalue weighted by Crippen LogP contribution is -2.01. The fourth-order valence-electron chi connectivity index (χ4n) is 1.98. The lowest BCUT2D eigenvalue weighted by molar-refractivity contribution is 0.917. The summed E-state index contributed by atoms with van der Waals surface area (Å²) in [5.74, 6) is 0.296. The Hall–Kier alpha value is -1.74. The van der Waals surface area contributed by atoms with E-state index in [-0.39, 0.29) is 0 Å². The van der Waals surface area contributed by atoms with Crippen LogP contribution < -0.4 is 0 Å². The predicted molar refractivity (Wildman–Crippen MR) is 66.8 cm³/mol. The van der Waals surface area contributed by atoms with Crippen LogP contribution in [0.5, 0.6) is 0 Å². The van der Waals surface area contributed by atoms with Gasteiger partial charge in [-0.15, -0.1) is 11.3 Å². The molecular formula is C13H12N2S. The van der Waals surface area contributed by atoms with Crippen LogP contribution >= 0.6 is 11.3 Å². The second-order valence-corrected chi connectivity index (χ2v) is 4.68. The minimum Gasteiger partial charge on any atom is -0.364 e. The minimum atomic E-state index is 0.296. The number of nitrogens with one attached hydrogen (secondary N) is 2. The van der Waals surface area contributed by atoms with Gasteiger partial charge in [0.2, 0.25) is 0 Å². The molecule has 3 aromatic rings. The summed E-state index contributed by atoms with van der Waals surface area (Å²) in [7, 11) is 0. The second-order valence-electron chi connectivity index (χ2n) is 3.70. The molecule has 3 aromatic heterocycles. The van der Waals surface area contributed by atoms with Crippen LogP contribution in [-0.2, 0) is 0 Å². The van der Waals surface area contributed by atoms with Gasteiger partial charge in [-0.05, 0) is 35.7 Å². The average molecular weight is 228 g/mol. The van der Waals surface area contributed by atoms with Crippen molar-refractivity contribution in [2.45, 2.75) is 5.92 Å². The van der Waals surface area contributed by atoms with Crippen LogP contribution in [0.2, 0.25) is 0 Å². The lowest BCUT2D eigenvalue weighted by Gasteiger charge is -2.12. The zero-order valence-corrected chi connectivity index (χ0v) is 9.50. The predicted octanol–water partition coefficient (Wildman–Crippen LogP) is 3.58. The molecule has 3 heterocycles. The molecule has 0 atom stereocenters. The maximum atomic E-state index is 3.30. The maximum Gasteiger partial charge on any atom is 0.0734 e. The molecule has 0 aromatic carbocycles. The zero-order valence-electron chi connectivity index (χ0n) is 8.68. The van der Waals surface area contributed by atoms with Gasteiger partial charge in [-0.2, -0.15) is 0 Å². The Balaban J connectivity index is 2.09. The molecule has 0 amide bonds. The van der Waals surface area contributed by atoms with Gasteiger partial charge in [-0.25, -0.2) is 0 Å². The Kier molecular flexibility index (Phi) is 2.38. The molecule has 0 unspecified atom stereocenters. The van der Waals surface area contributed by atoms with Crippen LogP contribution in [0.25, 0.3) is 0 Å². The topological polar surface area (TPSA) is 31.6 Å². The number of thiophene rings is 1. The van der Waals surface area contributed by atoms with Crippen LogP contribution in [-0.4, -0.2) is 9.97 Å². The van der Waals surface area contributed by atoms with Crippen molar-refractivity contribution in [3.63, 3.8) is 0 Å². The van der Waals surface area contributed by atoms with Gasteiger partial charge in [0.05, 0.1) is 5.92 Å². The Labute approximate surface area is 98.0 Å². The Bertz CT molecular complexity index is 439. The molecule has 3 heteroatoms. The number of H-pyrrole nitrogens is 2. The maximum absolute atomic E-state index is 3.30. The molecule has 0 fully saturated rings. The van der Waals surface area contributed by atoms with E-state index in [0.717, 1.165) is 0 Å². The molecule has 0 saturated heterocycles. The molecule has 0 aliphatic rings. The van der Waals surface area contributed by atoms with E-state index in [1.54, 1.807) is 11.3 Å². The highest BCUT2D eigenvalue weighted by Crippen LogP contribution is 2.32. The van der Waals surface area contributed by atoms with Crippen molar-refractivity contribution in [3.05, 3.63) is 70.4 Å². The fraction of sp³-hybridized carbons (Fsp3) is 0.0769. The molecule has 0 radical (unpaired) electrons. The third-order valence-corrected chi connectivity index (χ3v) is 3.63. The molecular weight excluding hydrogens is 216 g/mol. The van der Waals surface area contributed by atoms with Gasteiger partial charge in [0.25, 0.3) is 0 Å². The van der Waals surface area contributed by atoms with Crippen molar-refractivity contribution in [3.8, 4) is 0 Å². The minimum absolute atomic E-state index is 0.296. The van der Waals surface area contributed by atoms with Crippen molar-refractivity contribution in [1.29, 1.82) is 0 Å². The van der Waals surface area contributed by atoms with Gasteiger partial charge in [0.15, 0.2) is 0 Å². The Morgan fingerprint density at radius 2 is 1.56 bits per heavy atom.